The molecule has 0 saturated heterocycles. The van der Waals surface area contributed by atoms with Crippen LogP contribution >= 0.6 is 0 Å². The number of Topliss-reactive ketones (excluding diaryl/α,β-unsaturated/α-hetero) is 1. The monoisotopic (exact) mass is 164 g/mol. The third-order valence-electron chi connectivity index (χ3n) is 3.75. The Morgan fingerprint density at radius 1 is 1.50 bits per heavy atom. The van der Waals surface area contributed by atoms with Crippen LogP contribution in [0.3, 0.4) is 0 Å². The van der Waals surface area contributed by atoms with Gasteiger partial charge in [-0.2, -0.15) is 0 Å². The van der Waals surface area contributed by atoms with E-state index < -0.39 is 0 Å². The van der Waals surface area contributed by atoms with Gasteiger partial charge in [-0.15, -0.1) is 0 Å². The smallest absolute Gasteiger partial charge is 0.139 e. The van der Waals surface area contributed by atoms with E-state index in [0.29, 0.717) is 11.7 Å². The highest BCUT2D eigenvalue weighted by Gasteiger charge is 2.48. The number of hydrogen-bond acceptors (Lipinski definition) is 1. The summed E-state index contributed by atoms with van der Waals surface area (Å²) in [5, 5.41) is 0. The van der Waals surface area contributed by atoms with Crippen molar-refractivity contribution in [1.29, 1.82) is 0 Å². The van der Waals surface area contributed by atoms with Gasteiger partial charge in [0.05, 0.1) is 0 Å². The molecule has 0 aromatic carbocycles. The maximum Gasteiger partial charge on any atom is 0.139 e. The largest absolute Gasteiger partial charge is 0.299 e. The predicted molar refractivity (Wildman–Crippen MR) is 48.8 cm³/mol. The second-order valence-corrected chi connectivity index (χ2v) is 4.44. The predicted octanol–water partition coefficient (Wildman–Crippen LogP) is 2.71. The average Bonchev–Trinajstić information content (AvgIpc) is 2.30. The molecule has 0 amide bonds. The molecule has 2 atom stereocenters. The first-order valence-electron chi connectivity index (χ1n) is 4.85. The molecule has 2 rings (SSSR count). The van der Waals surface area contributed by atoms with Gasteiger partial charge in [-0.05, 0) is 31.6 Å². The Labute approximate surface area is 73.8 Å². The Balaban J connectivity index is 2.32. The maximum absolute atomic E-state index is 11.6. The van der Waals surface area contributed by atoms with Crippen LogP contribution in [-0.4, -0.2) is 5.78 Å². The fourth-order valence-electron chi connectivity index (χ4n) is 2.90. The molecule has 12 heavy (non-hydrogen) atoms. The van der Waals surface area contributed by atoms with Gasteiger partial charge in [0.25, 0.3) is 0 Å². The van der Waals surface area contributed by atoms with E-state index in [2.05, 4.69) is 13.5 Å². The summed E-state index contributed by atoms with van der Waals surface area (Å²) in [6, 6.07) is 0. The molecular weight excluding hydrogens is 148 g/mol. The summed E-state index contributed by atoms with van der Waals surface area (Å²) >= 11 is 0. The number of fused-ring (bicyclic) bond motifs is 1. The van der Waals surface area contributed by atoms with Crippen molar-refractivity contribution in [2.24, 2.45) is 11.3 Å². The number of rotatable bonds is 0. The van der Waals surface area contributed by atoms with Gasteiger partial charge in [0.2, 0.25) is 0 Å². The lowest BCUT2D eigenvalue weighted by atomic mass is 9.67. The maximum atomic E-state index is 11.6. The Hall–Kier alpha value is -0.590. The van der Waals surface area contributed by atoms with E-state index in [0.717, 1.165) is 32.1 Å². The first-order chi connectivity index (χ1) is 5.64. The summed E-state index contributed by atoms with van der Waals surface area (Å²) < 4.78 is 0. The lowest BCUT2D eigenvalue weighted by molar-refractivity contribution is -0.126. The van der Waals surface area contributed by atoms with E-state index in [1.54, 1.807) is 0 Å². The molecule has 2 aliphatic rings. The van der Waals surface area contributed by atoms with Gasteiger partial charge in [-0.25, -0.2) is 0 Å². The molecule has 1 nitrogen and oxygen atoms in total. The zero-order valence-electron chi connectivity index (χ0n) is 7.73. The van der Waals surface area contributed by atoms with Crippen LogP contribution in [-0.2, 0) is 4.79 Å². The summed E-state index contributed by atoms with van der Waals surface area (Å²) in [6.45, 7) is 6.22. The van der Waals surface area contributed by atoms with Crippen molar-refractivity contribution in [1.82, 2.24) is 0 Å². The molecule has 2 aliphatic carbocycles. The van der Waals surface area contributed by atoms with E-state index in [1.165, 1.54) is 5.57 Å². The van der Waals surface area contributed by atoms with E-state index in [9.17, 15) is 4.79 Å². The van der Waals surface area contributed by atoms with Crippen molar-refractivity contribution in [3.8, 4) is 0 Å². The van der Waals surface area contributed by atoms with Crippen LogP contribution in [0, 0.1) is 11.3 Å². The minimum absolute atomic E-state index is 0.0185. The van der Waals surface area contributed by atoms with Crippen molar-refractivity contribution >= 4 is 5.78 Å². The highest BCUT2D eigenvalue weighted by Crippen LogP contribution is 2.51. The zero-order valence-corrected chi connectivity index (χ0v) is 7.73. The van der Waals surface area contributed by atoms with E-state index in [1.807, 2.05) is 0 Å². The fraction of sp³-hybridized carbons (Fsp3) is 0.727. The van der Waals surface area contributed by atoms with Crippen molar-refractivity contribution in [3.63, 3.8) is 0 Å². The fourth-order valence-corrected chi connectivity index (χ4v) is 2.90. The van der Waals surface area contributed by atoms with E-state index >= 15 is 0 Å². The topological polar surface area (TPSA) is 17.1 Å². The van der Waals surface area contributed by atoms with Crippen LogP contribution in [0.1, 0.15) is 39.0 Å². The zero-order chi connectivity index (χ0) is 8.77. The highest BCUT2D eigenvalue weighted by molar-refractivity contribution is 5.87. The first kappa shape index (κ1) is 8.03. The SMILES string of the molecule is C=C1CCCC2(C)C(=O)CCC12. The normalized spacial score (nSPS) is 41.6. The van der Waals surface area contributed by atoms with E-state index in [4.69, 9.17) is 0 Å². The Morgan fingerprint density at radius 3 is 2.92 bits per heavy atom. The van der Waals surface area contributed by atoms with Crippen LogP contribution < -0.4 is 0 Å². The second-order valence-electron chi connectivity index (χ2n) is 4.44. The molecule has 1 heteroatoms. The minimum Gasteiger partial charge on any atom is -0.299 e. The molecule has 2 saturated carbocycles. The first-order valence-corrected chi connectivity index (χ1v) is 4.85. The van der Waals surface area contributed by atoms with Crippen molar-refractivity contribution < 1.29 is 4.79 Å². The Kier molecular flexibility index (Phi) is 1.64. The summed E-state index contributed by atoms with van der Waals surface area (Å²) in [5.74, 6) is 0.993. The number of allylic oxidation sites excluding steroid dienone is 1. The molecule has 0 heterocycles. The molecule has 2 fully saturated rings. The highest BCUT2D eigenvalue weighted by atomic mass is 16.1. The van der Waals surface area contributed by atoms with Crippen LogP contribution in [0.15, 0.2) is 12.2 Å². The van der Waals surface area contributed by atoms with Gasteiger partial charge in [-0.1, -0.05) is 19.1 Å². The second kappa shape index (κ2) is 2.45. The summed E-state index contributed by atoms with van der Waals surface area (Å²) in [7, 11) is 0. The molecule has 0 aromatic rings. The molecule has 66 valence electrons. The standard InChI is InChI=1S/C11H16O/c1-8-4-3-7-11(2)9(8)5-6-10(11)12/h9H,1,3-7H2,2H3. The minimum atomic E-state index is -0.0185. The molecule has 2 unspecified atom stereocenters. The summed E-state index contributed by atoms with van der Waals surface area (Å²) in [6.07, 6.45) is 5.26. The molecule has 0 N–H and O–H groups in total. The molecule has 0 aliphatic heterocycles. The van der Waals surface area contributed by atoms with Gasteiger partial charge in [0.1, 0.15) is 5.78 Å². The van der Waals surface area contributed by atoms with Crippen molar-refractivity contribution in [2.45, 2.75) is 39.0 Å². The molecule has 0 radical (unpaired) electrons. The number of hydrogen-bond donors (Lipinski definition) is 0. The summed E-state index contributed by atoms with van der Waals surface area (Å²) in [4.78, 5) is 11.6. The molecular formula is C11H16O. The van der Waals surface area contributed by atoms with Gasteiger partial charge in [0, 0.05) is 11.8 Å². The van der Waals surface area contributed by atoms with Crippen LogP contribution in [0.5, 0.6) is 0 Å². The summed E-state index contributed by atoms with van der Waals surface area (Å²) in [5.41, 5.74) is 1.31. The van der Waals surface area contributed by atoms with Crippen LogP contribution in [0.2, 0.25) is 0 Å². The van der Waals surface area contributed by atoms with Gasteiger partial charge in [-0.3, -0.25) is 4.79 Å². The van der Waals surface area contributed by atoms with Crippen LogP contribution in [0.4, 0.5) is 0 Å². The number of carbonyl (C=O) groups excluding carboxylic acids is 1. The molecule has 0 aromatic heterocycles. The van der Waals surface area contributed by atoms with Gasteiger partial charge in [0.15, 0.2) is 0 Å². The lowest BCUT2D eigenvalue weighted by Gasteiger charge is -2.36. The molecule has 0 spiro atoms. The van der Waals surface area contributed by atoms with E-state index in [-0.39, 0.29) is 5.41 Å². The van der Waals surface area contributed by atoms with Gasteiger partial charge < -0.3 is 0 Å². The Morgan fingerprint density at radius 2 is 2.25 bits per heavy atom. The van der Waals surface area contributed by atoms with Crippen molar-refractivity contribution in [3.05, 3.63) is 12.2 Å². The molecule has 0 bridgehead atoms. The van der Waals surface area contributed by atoms with Crippen molar-refractivity contribution in [2.75, 3.05) is 0 Å². The number of carbonyl (C=O) groups is 1. The number of ketones is 1. The quantitative estimate of drug-likeness (QED) is 0.503. The third-order valence-corrected chi connectivity index (χ3v) is 3.75. The Bertz CT molecular complexity index is 241. The van der Waals surface area contributed by atoms with Gasteiger partial charge >= 0.3 is 0 Å². The average molecular weight is 164 g/mol. The third kappa shape index (κ3) is 0.886. The van der Waals surface area contributed by atoms with Crippen LogP contribution in [0.25, 0.3) is 0 Å². The lowest BCUT2D eigenvalue weighted by Crippen LogP contribution is -2.32.